The molecular formula is C14H15NO. The van der Waals surface area contributed by atoms with Crippen molar-refractivity contribution >= 4 is 5.78 Å². The summed E-state index contributed by atoms with van der Waals surface area (Å²) in [5.74, 6) is 0.167. The highest BCUT2D eigenvalue weighted by atomic mass is 16.1. The first-order valence-corrected chi connectivity index (χ1v) is 5.43. The van der Waals surface area contributed by atoms with E-state index in [4.69, 9.17) is 0 Å². The third-order valence-corrected chi connectivity index (χ3v) is 2.55. The average molecular weight is 213 g/mol. The Morgan fingerprint density at radius 1 is 1.31 bits per heavy atom. The molecule has 2 nitrogen and oxygen atoms in total. The van der Waals surface area contributed by atoms with E-state index in [0.717, 1.165) is 12.1 Å². The van der Waals surface area contributed by atoms with Gasteiger partial charge in [0.25, 0.3) is 0 Å². The van der Waals surface area contributed by atoms with Gasteiger partial charge < -0.3 is 4.90 Å². The molecule has 0 unspecified atom stereocenters. The van der Waals surface area contributed by atoms with E-state index in [1.165, 1.54) is 5.57 Å². The van der Waals surface area contributed by atoms with Gasteiger partial charge in [0, 0.05) is 18.3 Å². The number of hydrogen-bond donors (Lipinski definition) is 0. The van der Waals surface area contributed by atoms with Gasteiger partial charge in [0.2, 0.25) is 0 Å². The summed E-state index contributed by atoms with van der Waals surface area (Å²) in [7, 11) is 0. The lowest BCUT2D eigenvalue weighted by Crippen LogP contribution is -2.27. The number of hydrogen-bond acceptors (Lipinski definition) is 2. The molecule has 0 aliphatic carbocycles. The van der Waals surface area contributed by atoms with Crippen molar-refractivity contribution in [1.29, 1.82) is 0 Å². The number of benzene rings is 1. The van der Waals surface area contributed by atoms with Gasteiger partial charge in [0.15, 0.2) is 5.78 Å². The smallest absolute Gasteiger partial charge is 0.182 e. The number of ketones is 1. The van der Waals surface area contributed by atoms with Crippen molar-refractivity contribution in [2.75, 3.05) is 13.1 Å². The Morgan fingerprint density at radius 2 is 2.06 bits per heavy atom. The largest absolute Gasteiger partial charge is 0.366 e. The van der Waals surface area contributed by atoms with Crippen LogP contribution in [0.2, 0.25) is 0 Å². The van der Waals surface area contributed by atoms with E-state index in [-0.39, 0.29) is 5.78 Å². The van der Waals surface area contributed by atoms with Crippen LogP contribution < -0.4 is 0 Å². The molecule has 0 amide bonds. The Labute approximate surface area is 95.9 Å². The number of nitrogens with zero attached hydrogens (tertiary/aromatic N) is 1. The Kier molecular flexibility index (Phi) is 3.20. The zero-order valence-electron chi connectivity index (χ0n) is 9.39. The molecule has 16 heavy (non-hydrogen) atoms. The standard InChI is InChI=1S/C14H15NO/c1-12-6-5-9-15(10-12)11-14(16)13-7-3-2-4-8-13/h2-8,10H,9,11H2,1H3. The predicted octanol–water partition coefficient (Wildman–Crippen LogP) is 2.64. The SMILES string of the molecule is CC1=CN(CC(=O)c2ccccc2)CC=C1. The first-order chi connectivity index (χ1) is 7.75. The lowest BCUT2D eigenvalue weighted by Gasteiger charge is -2.21. The van der Waals surface area contributed by atoms with Crippen molar-refractivity contribution in [3.8, 4) is 0 Å². The fraction of sp³-hybridized carbons (Fsp3) is 0.214. The fourth-order valence-electron chi connectivity index (χ4n) is 1.77. The van der Waals surface area contributed by atoms with Crippen molar-refractivity contribution < 1.29 is 4.79 Å². The van der Waals surface area contributed by atoms with Gasteiger partial charge in [-0.1, -0.05) is 42.5 Å². The number of allylic oxidation sites excluding steroid dienone is 2. The van der Waals surface area contributed by atoms with Crippen LogP contribution in [0.25, 0.3) is 0 Å². The summed E-state index contributed by atoms with van der Waals surface area (Å²) in [6, 6.07) is 9.43. The highest BCUT2D eigenvalue weighted by molar-refractivity contribution is 5.97. The molecule has 0 bridgehead atoms. The molecule has 1 aliphatic rings. The van der Waals surface area contributed by atoms with Crippen molar-refractivity contribution in [2.45, 2.75) is 6.92 Å². The lowest BCUT2D eigenvalue weighted by atomic mass is 10.1. The maximum absolute atomic E-state index is 11.9. The minimum absolute atomic E-state index is 0.167. The van der Waals surface area contributed by atoms with Gasteiger partial charge in [-0.2, -0.15) is 0 Å². The summed E-state index contributed by atoms with van der Waals surface area (Å²) in [5.41, 5.74) is 1.97. The van der Waals surface area contributed by atoms with Crippen molar-refractivity contribution in [3.05, 3.63) is 59.8 Å². The van der Waals surface area contributed by atoms with Gasteiger partial charge >= 0.3 is 0 Å². The summed E-state index contributed by atoms with van der Waals surface area (Å²) >= 11 is 0. The molecule has 1 aromatic rings. The molecule has 0 aromatic heterocycles. The highest BCUT2D eigenvalue weighted by Gasteiger charge is 2.10. The zero-order chi connectivity index (χ0) is 11.4. The van der Waals surface area contributed by atoms with Gasteiger partial charge in [0.1, 0.15) is 0 Å². The van der Waals surface area contributed by atoms with E-state index in [1.54, 1.807) is 0 Å². The van der Waals surface area contributed by atoms with Crippen LogP contribution in [0.1, 0.15) is 17.3 Å². The quantitative estimate of drug-likeness (QED) is 0.719. The number of carbonyl (C=O) groups is 1. The van der Waals surface area contributed by atoms with Crippen molar-refractivity contribution in [1.82, 2.24) is 4.90 Å². The Balaban J connectivity index is 2.01. The minimum Gasteiger partial charge on any atom is -0.366 e. The fourth-order valence-corrected chi connectivity index (χ4v) is 1.77. The van der Waals surface area contributed by atoms with Crippen LogP contribution in [0, 0.1) is 0 Å². The molecule has 0 N–H and O–H groups in total. The Bertz CT molecular complexity index is 431. The molecule has 0 atom stereocenters. The van der Waals surface area contributed by atoms with Crippen LogP contribution in [0.15, 0.2) is 54.3 Å². The molecule has 0 spiro atoms. The van der Waals surface area contributed by atoms with Crippen LogP contribution in [0.4, 0.5) is 0 Å². The summed E-state index contributed by atoms with van der Waals surface area (Å²) in [6.45, 7) is 3.30. The van der Waals surface area contributed by atoms with Crippen LogP contribution in [-0.4, -0.2) is 23.8 Å². The molecule has 0 fully saturated rings. The molecule has 0 radical (unpaired) electrons. The van der Waals surface area contributed by atoms with Gasteiger partial charge in [-0.15, -0.1) is 0 Å². The average Bonchev–Trinajstić information content (AvgIpc) is 2.30. The van der Waals surface area contributed by atoms with Gasteiger partial charge in [-0.05, 0) is 12.5 Å². The normalized spacial score (nSPS) is 14.8. The van der Waals surface area contributed by atoms with Gasteiger partial charge in [-0.25, -0.2) is 0 Å². The number of carbonyl (C=O) groups excluding carboxylic acids is 1. The molecular weight excluding hydrogens is 198 g/mol. The molecule has 1 aliphatic heterocycles. The second-order valence-electron chi connectivity index (χ2n) is 3.99. The molecule has 2 heteroatoms. The molecule has 1 heterocycles. The molecule has 82 valence electrons. The van der Waals surface area contributed by atoms with E-state index in [0.29, 0.717) is 6.54 Å². The topological polar surface area (TPSA) is 20.3 Å². The first kappa shape index (κ1) is 10.7. The Morgan fingerprint density at radius 3 is 2.75 bits per heavy atom. The second-order valence-corrected chi connectivity index (χ2v) is 3.99. The van der Waals surface area contributed by atoms with E-state index in [2.05, 4.69) is 12.2 Å². The van der Waals surface area contributed by atoms with Crippen molar-refractivity contribution in [2.24, 2.45) is 0 Å². The van der Waals surface area contributed by atoms with Gasteiger partial charge in [-0.3, -0.25) is 4.79 Å². The monoisotopic (exact) mass is 213 g/mol. The predicted molar refractivity (Wildman–Crippen MR) is 65.2 cm³/mol. The summed E-state index contributed by atoms with van der Waals surface area (Å²) in [6.07, 6.45) is 6.18. The van der Waals surface area contributed by atoms with Crippen LogP contribution >= 0.6 is 0 Å². The van der Waals surface area contributed by atoms with Crippen LogP contribution in [0.3, 0.4) is 0 Å². The van der Waals surface area contributed by atoms with E-state index in [9.17, 15) is 4.79 Å². The zero-order valence-corrected chi connectivity index (χ0v) is 9.39. The Hall–Kier alpha value is -1.83. The summed E-state index contributed by atoms with van der Waals surface area (Å²) in [5, 5.41) is 0. The molecule has 0 saturated heterocycles. The third kappa shape index (κ3) is 2.60. The molecule has 0 saturated carbocycles. The number of Topliss-reactive ketones (excluding diaryl/α,β-unsaturated/α-hetero) is 1. The maximum atomic E-state index is 11.9. The van der Waals surface area contributed by atoms with Crippen LogP contribution in [-0.2, 0) is 0 Å². The third-order valence-electron chi connectivity index (χ3n) is 2.55. The van der Waals surface area contributed by atoms with E-state index in [1.807, 2.05) is 48.4 Å². The summed E-state index contributed by atoms with van der Waals surface area (Å²) < 4.78 is 0. The van der Waals surface area contributed by atoms with Gasteiger partial charge in [0.05, 0.1) is 6.54 Å². The van der Waals surface area contributed by atoms with Crippen LogP contribution in [0.5, 0.6) is 0 Å². The minimum atomic E-state index is 0.167. The van der Waals surface area contributed by atoms with Crippen molar-refractivity contribution in [3.63, 3.8) is 0 Å². The van der Waals surface area contributed by atoms with E-state index >= 15 is 0 Å². The summed E-state index contributed by atoms with van der Waals surface area (Å²) in [4.78, 5) is 14.0. The second kappa shape index (κ2) is 4.79. The first-order valence-electron chi connectivity index (χ1n) is 5.43. The van der Waals surface area contributed by atoms with E-state index < -0.39 is 0 Å². The maximum Gasteiger partial charge on any atom is 0.182 e. The number of rotatable bonds is 3. The molecule has 2 rings (SSSR count). The molecule has 1 aromatic carbocycles. The lowest BCUT2D eigenvalue weighted by molar-refractivity contribution is 0.0959. The highest BCUT2D eigenvalue weighted by Crippen LogP contribution is 2.08.